The second-order valence-electron chi connectivity index (χ2n) is 4.07. The molecule has 0 radical (unpaired) electrons. The molecule has 1 unspecified atom stereocenters. The zero-order valence-electron chi connectivity index (χ0n) is 10.2. The van der Waals surface area contributed by atoms with E-state index in [1.54, 1.807) is 24.5 Å². The summed E-state index contributed by atoms with van der Waals surface area (Å²) in [6.45, 7) is 1.99. The number of pyridine rings is 1. The molecule has 1 N–H and O–H groups in total. The molecule has 1 atom stereocenters. The molecule has 0 amide bonds. The van der Waals surface area contributed by atoms with Crippen molar-refractivity contribution in [3.8, 4) is 0 Å². The lowest BCUT2D eigenvalue weighted by Crippen LogP contribution is -2.06. The van der Waals surface area contributed by atoms with Gasteiger partial charge in [0.1, 0.15) is 5.02 Å². The maximum atomic E-state index is 10.7. The van der Waals surface area contributed by atoms with Crippen molar-refractivity contribution in [2.75, 3.05) is 5.32 Å². The van der Waals surface area contributed by atoms with E-state index in [0.29, 0.717) is 0 Å². The van der Waals surface area contributed by atoms with Gasteiger partial charge in [0, 0.05) is 30.2 Å². The van der Waals surface area contributed by atoms with Crippen LogP contribution in [-0.4, -0.2) is 9.91 Å². The Labute approximate surface area is 115 Å². The van der Waals surface area contributed by atoms with Crippen molar-refractivity contribution < 1.29 is 4.92 Å². The lowest BCUT2D eigenvalue weighted by molar-refractivity contribution is -0.384. The number of nitro benzene ring substituents is 1. The average molecular weight is 278 g/mol. The number of nitro groups is 1. The molecule has 0 aliphatic carbocycles. The third kappa shape index (κ3) is 3.20. The van der Waals surface area contributed by atoms with Crippen LogP contribution < -0.4 is 5.32 Å². The summed E-state index contributed by atoms with van der Waals surface area (Å²) in [4.78, 5) is 14.1. The van der Waals surface area contributed by atoms with Gasteiger partial charge in [-0.25, -0.2) is 0 Å². The minimum absolute atomic E-state index is 0.0560. The molecule has 98 valence electrons. The highest BCUT2D eigenvalue weighted by Gasteiger charge is 2.13. The topological polar surface area (TPSA) is 68.1 Å². The highest BCUT2D eigenvalue weighted by molar-refractivity contribution is 6.32. The van der Waals surface area contributed by atoms with Crippen LogP contribution in [0.3, 0.4) is 0 Å². The summed E-state index contributed by atoms with van der Waals surface area (Å²) in [5.74, 6) is 0. The van der Waals surface area contributed by atoms with Gasteiger partial charge in [-0.15, -0.1) is 0 Å². The molecule has 6 heteroatoms. The van der Waals surface area contributed by atoms with Crippen LogP contribution in [0, 0.1) is 10.1 Å². The van der Waals surface area contributed by atoms with Crippen LogP contribution >= 0.6 is 11.6 Å². The number of halogens is 1. The SMILES string of the molecule is CC(Nc1ccc([N+](=O)[O-])c(Cl)c1)c1ccncc1. The fourth-order valence-electron chi connectivity index (χ4n) is 1.73. The maximum Gasteiger partial charge on any atom is 0.288 e. The Morgan fingerprint density at radius 1 is 1.32 bits per heavy atom. The molecule has 2 rings (SSSR count). The molecule has 0 aliphatic rings. The van der Waals surface area contributed by atoms with Crippen molar-refractivity contribution in [2.45, 2.75) is 13.0 Å². The molecule has 19 heavy (non-hydrogen) atoms. The molecule has 0 fully saturated rings. The number of rotatable bonds is 4. The maximum absolute atomic E-state index is 10.7. The highest BCUT2D eigenvalue weighted by Crippen LogP contribution is 2.28. The van der Waals surface area contributed by atoms with Gasteiger partial charge in [-0.2, -0.15) is 0 Å². The van der Waals surface area contributed by atoms with Crippen LogP contribution in [0.1, 0.15) is 18.5 Å². The fourth-order valence-corrected chi connectivity index (χ4v) is 1.98. The van der Waals surface area contributed by atoms with Gasteiger partial charge in [0.15, 0.2) is 0 Å². The van der Waals surface area contributed by atoms with Crippen molar-refractivity contribution in [2.24, 2.45) is 0 Å². The molecule has 0 saturated carbocycles. The third-order valence-corrected chi connectivity index (χ3v) is 3.04. The Balaban J connectivity index is 2.16. The summed E-state index contributed by atoms with van der Waals surface area (Å²) < 4.78 is 0. The largest absolute Gasteiger partial charge is 0.378 e. The van der Waals surface area contributed by atoms with Gasteiger partial charge in [0.25, 0.3) is 5.69 Å². The number of hydrogen-bond donors (Lipinski definition) is 1. The van der Waals surface area contributed by atoms with E-state index in [1.807, 2.05) is 19.1 Å². The van der Waals surface area contributed by atoms with Gasteiger partial charge in [-0.3, -0.25) is 15.1 Å². The molecule has 0 aliphatic heterocycles. The van der Waals surface area contributed by atoms with Gasteiger partial charge >= 0.3 is 0 Å². The molecular weight excluding hydrogens is 266 g/mol. The number of hydrogen-bond acceptors (Lipinski definition) is 4. The van der Waals surface area contributed by atoms with E-state index in [0.717, 1.165) is 11.3 Å². The van der Waals surface area contributed by atoms with Crippen LogP contribution in [0.15, 0.2) is 42.7 Å². The Morgan fingerprint density at radius 2 is 2.00 bits per heavy atom. The van der Waals surface area contributed by atoms with Crippen molar-refractivity contribution in [3.63, 3.8) is 0 Å². The van der Waals surface area contributed by atoms with Gasteiger partial charge < -0.3 is 5.32 Å². The predicted octanol–water partition coefficient (Wildman–Crippen LogP) is 3.82. The van der Waals surface area contributed by atoms with E-state index in [9.17, 15) is 10.1 Å². The zero-order valence-corrected chi connectivity index (χ0v) is 11.0. The first kappa shape index (κ1) is 13.3. The van der Waals surface area contributed by atoms with E-state index in [4.69, 9.17) is 11.6 Å². The van der Waals surface area contributed by atoms with Crippen LogP contribution in [0.2, 0.25) is 5.02 Å². The van der Waals surface area contributed by atoms with Crippen molar-refractivity contribution >= 4 is 23.0 Å². The van der Waals surface area contributed by atoms with Crippen LogP contribution in [0.5, 0.6) is 0 Å². The first-order valence-electron chi connectivity index (χ1n) is 5.68. The minimum Gasteiger partial charge on any atom is -0.378 e. The Bertz CT molecular complexity index is 590. The lowest BCUT2D eigenvalue weighted by atomic mass is 10.1. The van der Waals surface area contributed by atoms with Crippen molar-refractivity contribution in [1.29, 1.82) is 0 Å². The number of nitrogens with one attached hydrogen (secondary N) is 1. The predicted molar refractivity (Wildman–Crippen MR) is 74.4 cm³/mol. The second kappa shape index (κ2) is 5.67. The smallest absolute Gasteiger partial charge is 0.288 e. The molecule has 5 nitrogen and oxygen atoms in total. The van der Waals surface area contributed by atoms with Crippen LogP contribution in [-0.2, 0) is 0 Å². The van der Waals surface area contributed by atoms with Gasteiger partial charge in [-0.1, -0.05) is 11.6 Å². The van der Waals surface area contributed by atoms with Crippen molar-refractivity contribution in [1.82, 2.24) is 4.98 Å². The third-order valence-electron chi connectivity index (χ3n) is 2.73. The molecule has 1 aromatic heterocycles. The number of nitrogens with zero attached hydrogens (tertiary/aromatic N) is 2. The van der Waals surface area contributed by atoms with Gasteiger partial charge in [-0.05, 0) is 36.8 Å². The summed E-state index contributed by atoms with van der Waals surface area (Å²) in [6.07, 6.45) is 3.44. The Hall–Kier alpha value is -2.14. The van der Waals surface area contributed by atoms with E-state index in [1.165, 1.54) is 6.07 Å². The van der Waals surface area contributed by atoms with Gasteiger partial charge in [0.2, 0.25) is 0 Å². The van der Waals surface area contributed by atoms with Gasteiger partial charge in [0.05, 0.1) is 4.92 Å². The molecular formula is C13H12ClN3O2. The number of benzene rings is 1. The number of anilines is 1. The van der Waals surface area contributed by atoms with E-state index >= 15 is 0 Å². The average Bonchev–Trinajstić information content (AvgIpc) is 2.39. The van der Waals surface area contributed by atoms with E-state index in [-0.39, 0.29) is 16.8 Å². The number of aromatic nitrogens is 1. The van der Waals surface area contributed by atoms with Crippen LogP contribution in [0.25, 0.3) is 0 Å². The normalized spacial score (nSPS) is 11.9. The van der Waals surface area contributed by atoms with Crippen LogP contribution in [0.4, 0.5) is 11.4 Å². The fraction of sp³-hybridized carbons (Fsp3) is 0.154. The summed E-state index contributed by atoms with van der Waals surface area (Å²) >= 11 is 5.86. The van der Waals surface area contributed by atoms with E-state index in [2.05, 4.69) is 10.3 Å². The summed E-state index contributed by atoms with van der Waals surface area (Å²) in [5, 5.41) is 14.0. The highest BCUT2D eigenvalue weighted by atomic mass is 35.5. The standard InChI is InChI=1S/C13H12ClN3O2/c1-9(10-4-6-15-7-5-10)16-11-2-3-13(17(18)19)12(14)8-11/h2-9,16H,1H3. The minimum atomic E-state index is -0.502. The molecule has 0 saturated heterocycles. The first-order valence-corrected chi connectivity index (χ1v) is 6.06. The summed E-state index contributed by atoms with van der Waals surface area (Å²) in [7, 11) is 0. The molecule has 1 aromatic carbocycles. The Morgan fingerprint density at radius 3 is 2.58 bits per heavy atom. The summed E-state index contributed by atoms with van der Waals surface area (Å²) in [6, 6.07) is 8.46. The summed E-state index contributed by atoms with van der Waals surface area (Å²) in [5.41, 5.74) is 1.72. The lowest BCUT2D eigenvalue weighted by Gasteiger charge is -2.15. The first-order chi connectivity index (χ1) is 9.08. The Kier molecular flexibility index (Phi) is 3.97. The quantitative estimate of drug-likeness (QED) is 0.681. The molecule has 1 heterocycles. The zero-order chi connectivity index (χ0) is 13.8. The molecule has 0 spiro atoms. The molecule has 2 aromatic rings. The monoisotopic (exact) mass is 277 g/mol. The van der Waals surface area contributed by atoms with Crippen molar-refractivity contribution in [3.05, 3.63) is 63.4 Å². The van der Waals surface area contributed by atoms with E-state index < -0.39 is 4.92 Å². The molecule has 0 bridgehead atoms. The second-order valence-corrected chi connectivity index (χ2v) is 4.48.